The molecule has 0 aromatic carbocycles. The summed E-state index contributed by atoms with van der Waals surface area (Å²) in [6.45, 7) is 0.241. The van der Waals surface area contributed by atoms with Gasteiger partial charge in [-0.1, -0.05) is 0 Å². The summed E-state index contributed by atoms with van der Waals surface area (Å²) in [4.78, 5) is 36.1. The van der Waals surface area contributed by atoms with E-state index in [9.17, 15) is 14.4 Å². The molecule has 1 aromatic rings. The second-order valence-corrected chi connectivity index (χ2v) is 9.49. The van der Waals surface area contributed by atoms with Gasteiger partial charge in [-0.3, -0.25) is 25.2 Å². The lowest BCUT2D eigenvalue weighted by atomic mass is 9.49. The van der Waals surface area contributed by atoms with Gasteiger partial charge in [0.25, 0.3) is 5.91 Å². The predicted molar refractivity (Wildman–Crippen MR) is 103 cm³/mol. The second-order valence-electron chi connectivity index (χ2n) is 8.71. The fourth-order valence-electron chi connectivity index (χ4n) is 5.88. The molecule has 0 atom stereocenters. The zero-order chi connectivity index (χ0) is 18.9. The van der Waals surface area contributed by atoms with E-state index in [0.29, 0.717) is 12.0 Å². The van der Waals surface area contributed by atoms with E-state index in [4.69, 9.17) is 0 Å². The SMILES string of the molecule is O=C(CCNC(=O)c1ccsc1)NNC(=O)CC12CC3CC(CC(C3)C1)C2. The Kier molecular flexibility index (Phi) is 5.21. The largest absolute Gasteiger partial charge is 0.351 e. The van der Waals surface area contributed by atoms with Crippen LogP contribution in [-0.2, 0) is 9.59 Å². The lowest BCUT2D eigenvalue weighted by Crippen LogP contribution is -2.50. The monoisotopic (exact) mass is 389 g/mol. The highest BCUT2D eigenvalue weighted by molar-refractivity contribution is 7.08. The van der Waals surface area contributed by atoms with Crippen molar-refractivity contribution in [3.8, 4) is 0 Å². The molecule has 4 aliphatic carbocycles. The molecule has 1 heterocycles. The number of hydrazine groups is 1. The highest BCUT2D eigenvalue weighted by atomic mass is 32.1. The lowest BCUT2D eigenvalue weighted by molar-refractivity contribution is -0.134. The highest BCUT2D eigenvalue weighted by Crippen LogP contribution is 2.61. The topological polar surface area (TPSA) is 87.3 Å². The molecule has 3 amide bonds. The van der Waals surface area contributed by atoms with Crippen molar-refractivity contribution in [1.82, 2.24) is 16.2 Å². The number of thiophene rings is 1. The Morgan fingerprint density at radius 3 is 2.22 bits per heavy atom. The van der Waals surface area contributed by atoms with E-state index in [1.54, 1.807) is 11.4 Å². The Labute approximate surface area is 163 Å². The molecule has 0 unspecified atom stereocenters. The zero-order valence-corrected chi connectivity index (χ0v) is 16.3. The van der Waals surface area contributed by atoms with Crippen LogP contribution in [0.5, 0.6) is 0 Å². The Balaban J connectivity index is 1.16. The van der Waals surface area contributed by atoms with E-state index in [1.165, 1.54) is 49.9 Å². The minimum atomic E-state index is -0.292. The summed E-state index contributed by atoms with van der Waals surface area (Å²) in [6.07, 6.45) is 8.25. The Morgan fingerprint density at radius 2 is 1.63 bits per heavy atom. The van der Waals surface area contributed by atoms with Gasteiger partial charge in [-0.25, -0.2) is 0 Å². The minimum Gasteiger partial charge on any atom is -0.351 e. The molecule has 0 radical (unpaired) electrons. The third kappa shape index (κ3) is 4.34. The Bertz CT molecular complexity index is 681. The van der Waals surface area contributed by atoms with Crippen molar-refractivity contribution in [3.63, 3.8) is 0 Å². The van der Waals surface area contributed by atoms with Gasteiger partial charge in [0.2, 0.25) is 11.8 Å². The van der Waals surface area contributed by atoms with Crippen LogP contribution in [0, 0.1) is 23.2 Å². The Morgan fingerprint density at radius 1 is 1.00 bits per heavy atom. The van der Waals surface area contributed by atoms with Gasteiger partial charge in [0, 0.05) is 30.3 Å². The third-order valence-electron chi connectivity index (χ3n) is 6.46. The molecule has 0 spiro atoms. The van der Waals surface area contributed by atoms with E-state index in [2.05, 4.69) is 16.2 Å². The van der Waals surface area contributed by atoms with E-state index >= 15 is 0 Å². The van der Waals surface area contributed by atoms with Gasteiger partial charge >= 0.3 is 0 Å². The van der Waals surface area contributed by atoms with Crippen molar-refractivity contribution in [2.75, 3.05) is 6.54 Å². The van der Waals surface area contributed by atoms with Gasteiger partial charge in [0.05, 0.1) is 0 Å². The summed E-state index contributed by atoms with van der Waals surface area (Å²) >= 11 is 1.45. The summed E-state index contributed by atoms with van der Waals surface area (Å²) in [5, 5.41) is 6.30. The van der Waals surface area contributed by atoms with E-state index in [-0.39, 0.29) is 36.1 Å². The molecule has 5 rings (SSSR count). The van der Waals surface area contributed by atoms with Gasteiger partial charge < -0.3 is 5.32 Å². The van der Waals surface area contributed by atoms with Gasteiger partial charge in [0.15, 0.2) is 0 Å². The second kappa shape index (κ2) is 7.62. The van der Waals surface area contributed by atoms with Crippen molar-refractivity contribution < 1.29 is 14.4 Å². The first-order valence-corrected chi connectivity index (χ1v) is 10.8. The molecule has 4 saturated carbocycles. The number of carbonyl (C=O) groups excluding carboxylic acids is 3. The summed E-state index contributed by atoms with van der Waals surface area (Å²) in [6, 6.07) is 1.74. The van der Waals surface area contributed by atoms with E-state index < -0.39 is 0 Å². The number of amides is 3. The average molecular weight is 390 g/mol. The van der Waals surface area contributed by atoms with Crippen LogP contribution in [0.1, 0.15) is 61.7 Å². The predicted octanol–water partition coefficient (Wildman–Crippen LogP) is 2.62. The van der Waals surface area contributed by atoms with Crippen LogP contribution in [0.4, 0.5) is 0 Å². The number of nitrogens with one attached hydrogen (secondary N) is 3. The molecule has 0 saturated heterocycles. The number of carbonyl (C=O) groups is 3. The average Bonchev–Trinajstić information content (AvgIpc) is 3.13. The van der Waals surface area contributed by atoms with Gasteiger partial charge in [0.1, 0.15) is 0 Å². The molecular formula is C20H27N3O3S. The maximum Gasteiger partial charge on any atom is 0.252 e. The zero-order valence-electron chi connectivity index (χ0n) is 15.5. The Hall–Kier alpha value is -1.89. The van der Waals surface area contributed by atoms with E-state index in [1.807, 2.05) is 5.38 Å². The number of hydrogen-bond acceptors (Lipinski definition) is 4. The molecule has 4 aliphatic rings. The minimum absolute atomic E-state index is 0.0902. The lowest BCUT2D eigenvalue weighted by Gasteiger charge is -2.56. The van der Waals surface area contributed by atoms with Crippen LogP contribution in [0.15, 0.2) is 16.8 Å². The van der Waals surface area contributed by atoms with E-state index in [0.717, 1.165) is 17.8 Å². The molecule has 6 nitrogen and oxygen atoms in total. The first-order chi connectivity index (χ1) is 13.0. The van der Waals surface area contributed by atoms with Crippen LogP contribution < -0.4 is 16.2 Å². The summed E-state index contributed by atoms with van der Waals surface area (Å²) < 4.78 is 0. The summed E-state index contributed by atoms with van der Waals surface area (Å²) in [5.41, 5.74) is 5.83. The van der Waals surface area contributed by atoms with Crippen molar-refractivity contribution in [1.29, 1.82) is 0 Å². The first kappa shape index (κ1) is 18.5. The first-order valence-electron chi connectivity index (χ1n) is 9.89. The fraction of sp³-hybridized carbons (Fsp3) is 0.650. The van der Waals surface area contributed by atoms with Gasteiger partial charge in [-0.15, -0.1) is 0 Å². The molecule has 27 heavy (non-hydrogen) atoms. The maximum absolute atomic E-state index is 12.4. The van der Waals surface area contributed by atoms with Gasteiger partial charge in [-0.05, 0) is 73.1 Å². The highest BCUT2D eigenvalue weighted by Gasteiger charge is 2.51. The molecule has 0 aliphatic heterocycles. The molecule has 7 heteroatoms. The van der Waals surface area contributed by atoms with Crippen LogP contribution in [-0.4, -0.2) is 24.3 Å². The number of rotatable bonds is 6. The quantitative estimate of drug-likeness (QED) is 0.654. The van der Waals surface area contributed by atoms with Crippen molar-refractivity contribution >= 4 is 29.1 Å². The third-order valence-corrected chi connectivity index (χ3v) is 7.15. The molecule has 4 fully saturated rings. The standard InChI is InChI=1S/C20H27N3O3S/c24-17(1-3-21-19(26)16-2-4-27-12-16)22-23-18(25)11-20-8-13-5-14(9-20)7-15(6-13)10-20/h2,4,12-15H,1,3,5-11H2,(H,21,26)(H,22,24)(H,23,25). The summed E-state index contributed by atoms with van der Waals surface area (Å²) in [5.74, 6) is 1.86. The van der Waals surface area contributed by atoms with Crippen molar-refractivity contribution in [2.45, 2.75) is 51.4 Å². The van der Waals surface area contributed by atoms with Crippen LogP contribution >= 0.6 is 11.3 Å². The summed E-state index contributed by atoms with van der Waals surface area (Å²) in [7, 11) is 0. The molecular weight excluding hydrogens is 362 g/mol. The normalized spacial score (nSPS) is 30.7. The van der Waals surface area contributed by atoms with Crippen molar-refractivity contribution in [3.05, 3.63) is 22.4 Å². The van der Waals surface area contributed by atoms with Crippen LogP contribution in [0.2, 0.25) is 0 Å². The molecule has 3 N–H and O–H groups in total. The van der Waals surface area contributed by atoms with Gasteiger partial charge in [-0.2, -0.15) is 11.3 Å². The van der Waals surface area contributed by atoms with Crippen LogP contribution in [0.25, 0.3) is 0 Å². The molecule has 146 valence electrons. The van der Waals surface area contributed by atoms with Crippen LogP contribution in [0.3, 0.4) is 0 Å². The van der Waals surface area contributed by atoms with Crippen molar-refractivity contribution in [2.24, 2.45) is 23.2 Å². The smallest absolute Gasteiger partial charge is 0.252 e. The maximum atomic E-state index is 12.4. The molecule has 1 aromatic heterocycles. The molecule has 4 bridgehead atoms. The number of hydrogen-bond donors (Lipinski definition) is 3. The fourth-order valence-corrected chi connectivity index (χ4v) is 6.51.